The van der Waals surface area contributed by atoms with E-state index in [0.717, 1.165) is 0 Å². The molecule has 132 valence electrons. The van der Waals surface area contributed by atoms with Gasteiger partial charge in [-0.3, -0.25) is 19.7 Å². The molecule has 0 saturated heterocycles. The Morgan fingerprint density at radius 2 is 2.08 bits per heavy atom. The van der Waals surface area contributed by atoms with Crippen LogP contribution in [0.1, 0.15) is 35.5 Å². The van der Waals surface area contributed by atoms with Crippen LogP contribution < -0.4 is 5.32 Å². The number of non-ortho nitro benzene ring substituents is 1. The molecule has 1 aromatic heterocycles. The number of hydrogen-bond acceptors (Lipinski definition) is 5. The molecule has 8 heteroatoms. The van der Waals surface area contributed by atoms with Crippen LogP contribution in [-0.2, 0) is 4.79 Å². The zero-order chi connectivity index (χ0) is 18.4. The van der Waals surface area contributed by atoms with Gasteiger partial charge in [0.2, 0.25) is 5.91 Å². The van der Waals surface area contributed by atoms with E-state index in [9.17, 15) is 19.7 Å². The number of nitrogens with one attached hydrogen (secondary N) is 1. The normalized spacial score (nSPS) is 11.6. The summed E-state index contributed by atoms with van der Waals surface area (Å²) in [6.07, 6.45) is 1.51. The van der Waals surface area contributed by atoms with Gasteiger partial charge in [0.1, 0.15) is 0 Å². The first kappa shape index (κ1) is 18.2. The maximum atomic E-state index is 12.3. The minimum atomic E-state index is -0.470. The number of nitro groups is 1. The molecular formula is C17H19N3O5. The summed E-state index contributed by atoms with van der Waals surface area (Å²) in [4.78, 5) is 35.9. The number of carbonyl (C=O) groups is 2. The van der Waals surface area contributed by atoms with Crippen LogP contribution in [0.25, 0.3) is 0 Å². The number of benzene rings is 1. The van der Waals surface area contributed by atoms with Crippen molar-refractivity contribution in [2.45, 2.75) is 19.4 Å². The SMILES string of the molecule is C[C@H](c1cccc([N+](=O)[O-])c1)N(C)C(=O)CCNC(=O)c1ccco1. The molecule has 2 rings (SSSR count). The van der Waals surface area contributed by atoms with Gasteiger partial charge in [-0.05, 0) is 24.6 Å². The Bertz CT molecular complexity index is 757. The standard InChI is InChI=1S/C17H19N3O5/c1-12(13-5-3-6-14(11-13)20(23)24)19(2)16(21)8-9-18-17(22)15-7-4-10-25-15/h3-7,10-12H,8-9H2,1-2H3,(H,18,22)/t12-/m1/s1. The number of furan rings is 1. The molecule has 0 aliphatic heterocycles. The highest BCUT2D eigenvalue weighted by atomic mass is 16.6. The van der Waals surface area contributed by atoms with Crippen LogP contribution >= 0.6 is 0 Å². The van der Waals surface area contributed by atoms with Crippen LogP contribution in [0.3, 0.4) is 0 Å². The highest BCUT2D eigenvalue weighted by molar-refractivity contribution is 5.91. The molecule has 25 heavy (non-hydrogen) atoms. The van der Waals surface area contributed by atoms with Gasteiger partial charge in [0, 0.05) is 32.1 Å². The lowest BCUT2D eigenvalue weighted by molar-refractivity contribution is -0.384. The number of rotatable bonds is 7. The fraction of sp³-hybridized carbons (Fsp3) is 0.294. The van der Waals surface area contributed by atoms with Crippen molar-refractivity contribution < 1.29 is 18.9 Å². The van der Waals surface area contributed by atoms with Crippen LogP contribution in [-0.4, -0.2) is 35.2 Å². The molecule has 2 aromatic rings. The fourth-order valence-electron chi connectivity index (χ4n) is 2.29. The predicted octanol–water partition coefficient (Wildman–Crippen LogP) is 2.53. The van der Waals surface area contributed by atoms with Crippen molar-refractivity contribution in [2.24, 2.45) is 0 Å². The minimum absolute atomic E-state index is 0.0177. The van der Waals surface area contributed by atoms with Crippen LogP contribution in [0, 0.1) is 10.1 Å². The highest BCUT2D eigenvalue weighted by Gasteiger charge is 2.19. The fourth-order valence-corrected chi connectivity index (χ4v) is 2.29. The zero-order valence-corrected chi connectivity index (χ0v) is 14.0. The first-order valence-corrected chi connectivity index (χ1v) is 7.72. The number of amides is 2. The summed E-state index contributed by atoms with van der Waals surface area (Å²) in [6.45, 7) is 1.96. The Balaban J connectivity index is 1.89. The molecule has 1 atom stereocenters. The summed E-state index contributed by atoms with van der Waals surface area (Å²) in [7, 11) is 1.63. The lowest BCUT2D eigenvalue weighted by Gasteiger charge is -2.25. The number of carbonyl (C=O) groups excluding carboxylic acids is 2. The molecule has 0 aliphatic rings. The summed E-state index contributed by atoms with van der Waals surface area (Å²) < 4.78 is 4.96. The Kier molecular flexibility index (Phi) is 5.89. The third kappa shape index (κ3) is 4.66. The first-order chi connectivity index (χ1) is 11.9. The summed E-state index contributed by atoms with van der Waals surface area (Å²) in [5, 5.41) is 13.5. The van der Waals surface area contributed by atoms with Crippen molar-refractivity contribution in [2.75, 3.05) is 13.6 Å². The molecule has 0 fully saturated rings. The smallest absolute Gasteiger partial charge is 0.286 e. The summed E-state index contributed by atoms with van der Waals surface area (Å²) in [6, 6.07) is 9.00. The van der Waals surface area contributed by atoms with Crippen LogP contribution in [0.4, 0.5) is 5.69 Å². The van der Waals surface area contributed by atoms with Crippen LogP contribution in [0.15, 0.2) is 47.1 Å². The minimum Gasteiger partial charge on any atom is -0.459 e. The Morgan fingerprint density at radius 3 is 2.72 bits per heavy atom. The van der Waals surface area contributed by atoms with Crippen LogP contribution in [0.2, 0.25) is 0 Å². The Labute approximate surface area is 144 Å². The quantitative estimate of drug-likeness (QED) is 0.613. The molecule has 1 N–H and O–H groups in total. The lowest BCUT2D eigenvalue weighted by atomic mass is 10.1. The van der Waals surface area contributed by atoms with Crippen molar-refractivity contribution in [3.63, 3.8) is 0 Å². The average molecular weight is 345 g/mol. The van der Waals surface area contributed by atoms with Crippen molar-refractivity contribution in [1.29, 1.82) is 0 Å². The summed E-state index contributed by atoms with van der Waals surface area (Å²) in [5.41, 5.74) is 0.653. The maximum Gasteiger partial charge on any atom is 0.286 e. The van der Waals surface area contributed by atoms with E-state index in [2.05, 4.69) is 5.32 Å². The summed E-state index contributed by atoms with van der Waals surface area (Å²) >= 11 is 0. The van der Waals surface area contributed by atoms with Gasteiger partial charge in [-0.1, -0.05) is 12.1 Å². The molecule has 1 aromatic carbocycles. The molecule has 0 spiro atoms. The number of nitro benzene ring substituents is 1. The van der Waals surface area contributed by atoms with Gasteiger partial charge < -0.3 is 14.6 Å². The van der Waals surface area contributed by atoms with E-state index in [1.165, 1.54) is 29.4 Å². The maximum absolute atomic E-state index is 12.3. The molecule has 0 bridgehead atoms. The van der Waals surface area contributed by atoms with E-state index in [-0.39, 0.29) is 42.3 Å². The number of nitrogens with zero attached hydrogens (tertiary/aromatic N) is 2. The van der Waals surface area contributed by atoms with E-state index >= 15 is 0 Å². The van der Waals surface area contributed by atoms with Crippen molar-refractivity contribution in [3.05, 3.63) is 64.1 Å². The van der Waals surface area contributed by atoms with Gasteiger partial charge >= 0.3 is 0 Å². The molecule has 0 unspecified atom stereocenters. The topological polar surface area (TPSA) is 106 Å². The second kappa shape index (κ2) is 8.09. The second-order valence-corrected chi connectivity index (χ2v) is 5.52. The van der Waals surface area contributed by atoms with Gasteiger partial charge in [0.25, 0.3) is 11.6 Å². The molecular weight excluding hydrogens is 326 g/mol. The van der Waals surface area contributed by atoms with Gasteiger partial charge in [0.05, 0.1) is 17.2 Å². The predicted molar refractivity (Wildman–Crippen MR) is 89.9 cm³/mol. The van der Waals surface area contributed by atoms with Gasteiger partial charge in [-0.2, -0.15) is 0 Å². The molecule has 2 amide bonds. The second-order valence-electron chi connectivity index (χ2n) is 5.52. The third-order valence-electron chi connectivity index (χ3n) is 3.91. The first-order valence-electron chi connectivity index (χ1n) is 7.72. The van der Waals surface area contributed by atoms with E-state index in [0.29, 0.717) is 5.56 Å². The molecule has 0 radical (unpaired) electrons. The molecule has 0 aliphatic carbocycles. The molecule has 0 saturated carbocycles. The number of hydrogen-bond donors (Lipinski definition) is 1. The monoisotopic (exact) mass is 345 g/mol. The average Bonchev–Trinajstić information content (AvgIpc) is 3.15. The van der Waals surface area contributed by atoms with E-state index in [1.807, 2.05) is 0 Å². The zero-order valence-electron chi connectivity index (χ0n) is 14.0. The van der Waals surface area contributed by atoms with Crippen LogP contribution in [0.5, 0.6) is 0 Å². The largest absolute Gasteiger partial charge is 0.459 e. The van der Waals surface area contributed by atoms with Crippen molar-refractivity contribution in [1.82, 2.24) is 10.2 Å². The molecule has 8 nitrogen and oxygen atoms in total. The Morgan fingerprint density at radius 1 is 1.32 bits per heavy atom. The van der Waals surface area contributed by atoms with E-state index < -0.39 is 4.92 Å². The highest BCUT2D eigenvalue weighted by Crippen LogP contribution is 2.23. The van der Waals surface area contributed by atoms with Crippen molar-refractivity contribution in [3.8, 4) is 0 Å². The third-order valence-corrected chi connectivity index (χ3v) is 3.91. The van der Waals surface area contributed by atoms with Crippen molar-refractivity contribution >= 4 is 17.5 Å². The van der Waals surface area contributed by atoms with E-state index in [4.69, 9.17) is 4.42 Å². The van der Waals surface area contributed by atoms with E-state index in [1.54, 1.807) is 32.2 Å². The lowest BCUT2D eigenvalue weighted by Crippen LogP contribution is -2.33. The molecule has 1 heterocycles. The van der Waals surface area contributed by atoms with Gasteiger partial charge in [-0.25, -0.2) is 0 Å². The Hall–Kier alpha value is -3.16. The van der Waals surface area contributed by atoms with Gasteiger partial charge in [-0.15, -0.1) is 0 Å². The van der Waals surface area contributed by atoms with Gasteiger partial charge in [0.15, 0.2) is 5.76 Å². The summed E-state index contributed by atoms with van der Waals surface area (Å²) in [5.74, 6) is -0.378.